The van der Waals surface area contributed by atoms with Gasteiger partial charge in [0.25, 0.3) is 0 Å². The van der Waals surface area contributed by atoms with Crippen molar-refractivity contribution in [1.29, 1.82) is 0 Å². The van der Waals surface area contributed by atoms with Gasteiger partial charge in [-0.2, -0.15) is 0 Å². The number of hydrogen-bond acceptors (Lipinski definition) is 3. The number of benzene rings is 1. The Kier molecular flexibility index (Phi) is 4.59. The molecule has 1 atom stereocenters. The highest BCUT2D eigenvalue weighted by molar-refractivity contribution is 7.16. The Hall–Kier alpha value is -0.650. The summed E-state index contributed by atoms with van der Waals surface area (Å²) >= 11 is 13.0. The predicted molar refractivity (Wildman–Crippen MR) is 74.5 cm³/mol. The Morgan fingerprint density at radius 2 is 2.06 bits per heavy atom. The molecular formula is C12H11Cl2FN2S. The van der Waals surface area contributed by atoms with Crippen LogP contribution in [-0.2, 0) is 6.42 Å². The number of thiophene rings is 1. The fourth-order valence-electron chi connectivity index (χ4n) is 1.66. The summed E-state index contributed by atoms with van der Waals surface area (Å²) in [5.41, 5.74) is 3.24. The fraction of sp³-hybridized carbons (Fsp3) is 0.167. The molecule has 3 N–H and O–H groups in total. The Balaban J connectivity index is 2.20. The highest BCUT2D eigenvalue weighted by Gasteiger charge is 2.15. The first kappa shape index (κ1) is 13.8. The molecule has 2 nitrogen and oxygen atoms in total. The Morgan fingerprint density at radius 3 is 2.61 bits per heavy atom. The van der Waals surface area contributed by atoms with Gasteiger partial charge in [0.15, 0.2) is 0 Å². The van der Waals surface area contributed by atoms with Crippen LogP contribution in [0.3, 0.4) is 0 Å². The van der Waals surface area contributed by atoms with Crippen LogP contribution in [0.15, 0.2) is 30.3 Å². The van der Waals surface area contributed by atoms with Crippen molar-refractivity contribution in [1.82, 2.24) is 5.43 Å². The molecule has 0 aliphatic carbocycles. The summed E-state index contributed by atoms with van der Waals surface area (Å²) in [5.74, 6) is 5.18. The lowest BCUT2D eigenvalue weighted by atomic mass is 10.0. The molecule has 0 saturated heterocycles. The van der Waals surface area contributed by atoms with E-state index in [0.717, 1.165) is 4.88 Å². The topological polar surface area (TPSA) is 38.0 Å². The highest BCUT2D eigenvalue weighted by Crippen LogP contribution is 2.29. The van der Waals surface area contributed by atoms with E-state index in [4.69, 9.17) is 29.0 Å². The van der Waals surface area contributed by atoms with Gasteiger partial charge in [0.1, 0.15) is 5.82 Å². The predicted octanol–water partition coefficient (Wildman–Crippen LogP) is 3.94. The zero-order valence-corrected chi connectivity index (χ0v) is 11.6. The minimum atomic E-state index is -0.328. The molecule has 0 amide bonds. The molecule has 1 unspecified atom stereocenters. The van der Waals surface area contributed by atoms with E-state index in [1.165, 1.54) is 17.4 Å². The van der Waals surface area contributed by atoms with Crippen molar-refractivity contribution in [3.63, 3.8) is 0 Å². The minimum Gasteiger partial charge on any atom is -0.271 e. The van der Waals surface area contributed by atoms with Crippen LogP contribution in [0.2, 0.25) is 9.36 Å². The van der Waals surface area contributed by atoms with Gasteiger partial charge in [-0.3, -0.25) is 11.3 Å². The van der Waals surface area contributed by atoms with Crippen molar-refractivity contribution in [2.45, 2.75) is 12.5 Å². The first-order valence-electron chi connectivity index (χ1n) is 5.25. The molecule has 1 heterocycles. The van der Waals surface area contributed by atoms with Crippen LogP contribution in [0.4, 0.5) is 4.39 Å². The molecule has 6 heteroatoms. The second-order valence-corrected chi connectivity index (χ2v) is 5.98. The molecule has 0 saturated carbocycles. The summed E-state index contributed by atoms with van der Waals surface area (Å²) in [6, 6.07) is 8.13. The summed E-state index contributed by atoms with van der Waals surface area (Å²) in [6.45, 7) is 0. The van der Waals surface area contributed by atoms with E-state index in [1.54, 1.807) is 18.2 Å². The first-order valence-corrected chi connectivity index (χ1v) is 6.82. The lowest BCUT2D eigenvalue weighted by molar-refractivity contribution is 0.535. The number of rotatable bonds is 4. The third-order valence-corrected chi connectivity index (χ3v) is 4.16. The van der Waals surface area contributed by atoms with E-state index in [2.05, 4.69) is 5.43 Å². The molecule has 1 aromatic heterocycles. The Labute approximate surface area is 118 Å². The number of nitrogens with two attached hydrogens (primary N) is 1. The van der Waals surface area contributed by atoms with Crippen molar-refractivity contribution < 1.29 is 4.39 Å². The first-order chi connectivity index (χ1) is 8.60. The lowest BCUT2D eigenvalue weighted by Gasteiger charge is -2.14. The van der Waals surface area contributed by atoms with E-state index in [1.807, 2.05) is 6.07 Å². The van der Waals surface area contributed by atoms with Crippen molar-refractivity contribution in [3.05, 3.63) is 55.9 Å². The van der Waals surface area contributed by atoms with Gasteiger partial charge in [-0.15, -0.1) is 11.3 Å². The summed E-state index contributed by atoms with van der Waals surface area (Å²) in [6.07, 6.45) is 0.441. The summed E-state index contributed by atoms with van der Waals surface area (Å²) < 4.78 is 14.4. The van der Waals surface area contributed by atoms with Gasteiger partial charge < -0.3 is 0 Å². The van der Waals surface area contributed by atoms with Crippen LogP contribution in [0, 0.1) is 5.82 Å². The molecule has 0 aliphatic heterocycles. The van der Waals surface area contributed by atoms with Gasteiger partial charge in [-0.05, 0) is 36.2 Å². The Morgan fingerprint density at radius 1 is 1.28 bits per heavy atom. The number of hydrogen-bond donors (Lipinski definition) is 2. The molecule has 0 spiro atoms. The maximum absolute atomic E-state index is 13.7. The molecule has 96 valence electrons. The molecule has 2 aromatic rings. The van der Waals surface area contributed by atoms with E-state index < -0.39 is 0 Å². The van der Waals surface area contributed by atoms with E-state index in [9.17, 15) is 4.39 Å². The fourth-order valence-corrected chi connectivity index (χ4v) is 2.94. The average Bonchev–Trinajstić information content (AvgIpc) is 2.75. The van der Waals surface area contributed by atoms with Gasteiger partial charge in [-0.1, -0.05) is 29.3 Å². The molecule has 18 heavy (non-hydrogen) atoms. The standard InChI is InChI=1S/C12H11Cl2FN2S/c13-8-2-1-7(9(15)6-8)5-10(17-16)11-3-4-12(14)18-11/h1-4,6,10,17H,5,16H2. The van der Waals surface area contributed by atoms with Gasteiger partial charge in [-0.25, -0.2) is 4.39 Å². The van der Waals surface area contributed by atoms with Crippen molar-refractivity contribution >= 4 is 34.5 Å². The van der Waals surface area contributed by atoms with E-state index in [0.29, 0.717) is 21.3 Å². The number of halogens is 3. The SMILES string of the molecule is NNC(Cc1ccc(Cl)cc1F)c1ccc(Cl)s1. The van der Waals surface area contributed by atoms with Crippen LogP contribution in [0.1, 0.15) is 16.5 Å². The molecule has 0 aliphatic rings. The summed E-state index contributed by atoms with van der Waals surface area (Å²) in [5, 5.41) is 0.382. The quantitative estimate of drug-likeness (QED) is 0.663. The van der Waals surface area contributed by atoms with Crippen molar-refractivity contribution in [2.75, 3.05) is 0 Å². The minimum absolute atomic E-state index is 0.168. The van der Waals surface area contributed by atoms with Gasteiger partial charge in [0.2, 0.25) is 0 Å². The largest absolute Gasteiger partial charge is 0.271 e. The number of nitrogens with one attached hydrogen (secondary N) is 1. The van der Waals surface area contributed by atoms with Crippen LogP contribution in [0.25, 0.3) is 0 Å². The smallest absolute Gasteiger partial charge is 0.127 e. The van der Waals surface area contributed by atoms with E-state index in [-0.39, 0.29) is 11.9 Å². The van der Waals surface area contributed by atoms with Gasteiger partial charge >= 0.3 is 0 Å². The lowest BCUT2D eigenvalue weighted by Crippen LogP contribution is -2.29. The monoisotopic (exact) mass is 304 g/mol. The number of hydrazine groups is 1. The van der Waals surface area contributed by atoms with Crippen molar-refractivity contribution in [2.24, 2.45) is 5.84 Å². The van der Waals surface area contributed by atoms with Crippen LogP contribution in [0.5, 0.6) is 0 Å². The second kappa shape index (κ2) is 5.99. The molecule has 0 radical (unpaired) electrons. The van der Waals surface area contributed by atoms with Gasteiger partial charge in [0, 0.05) is 9.90 Å². The van der Waals surface area contributed by atoms with Gasteiger partial charge in [0.05, 0.1) is 10.4 Å². The maximum atomic E-state index is 13.7. The zero-order chi connectivity index (χ0) is 13.1. The second-order valence-electron chi connectivity index (χ2n) is 3.80. The third kappa shape index (κ3) is 3.22. The van der Waals surface area contributed by atoms with Crippen LogP contribution in [-0.4, -0.2) is 0 Å². The summed E-state index contributed by atoms with van der Waals surface area (Å²) in [7, 11) is 0. The maximum Gasteiger partial charge on any atom is 0.127 e. The molecule has 0 bridgehead atoms. The average molecular weight is 305 g/mol. The Bertz CT molecular complexity index is 545. The molecule has 0 fully saturated rings. The summed E-state index contributed by atoms with van der Waals surface area (Å²) in [4.78, 5) is 0.969. The third-order valence-electron chi connectivity index (χ3n) is 2.58. The zero-order valence-electron chi connectivity index (χ0n) is 9.29. The molecule has 2 rings (SSSR count). The molecular weight excluding hydrogens is 294 g/mol. The van der Waals surface area contributed by atoms with E-state index >= 15 is 0 Å². The van der Waals surface area contributed by atoms with Crippen LogP contribution >= 0.6 is 34.5 Å². The molecule has 1 aromatic carbocycles. The highest BCUT2D eigenvalue weighted by atomic mass is 35.5. The van der Waals surface area contributed by atoms with Crippen molar-refractivity contribution in [3.8, 4) is 0 Å². The van der Waals surface area contributed by atoms with Crippen LogP contribution < -0.4 is 11.3 Å². The normalized spacial score (nSPS) is 12.7.